The van der Waals surface area contributed by atoms with Crippen molar-refractivity contribution in [2.45, 2.75) is 18.2 Å². The first-order chi connectivity index (χ1) is 9.89. The molecule has 0 atom stereocenters. The first-order valence-electron chi connectivity index (χ1n) is 6.42. The monoisotopic (exact) mass is 367 g/mol. The maximum atomic E-state index is 12.8. The van der Waals surface area contributed by atoms with E-state index in [1.165, 1.54) is 10.5 Å². The van der Waals surface area contributed by atoms with Crippen LogP contribution in [-0.4, -0.2) is 19.9 Å². The highest BCUT2D eigenvalue weighted by Gasteiger charge is 2.31. The normalized spacial score (nSPS) is 14.3. The predicted molar refractivity (Wildman–Crippen MR) is 85.8 cm³/mol. The van der Waals surface area contributed by atoms with E-state index in [-0.39, 0.29) is 4.90 Å². The van der Waals surface area contributed by atoms with E-state index in [9.17, 15) is 8.42 Å². The smallest absolute Gasteiger partial charge is 0.265 e. The van der Waals surface area contributed by atoms with E-state index in [1.54, 1.807) is 18.3 Å². The number of sulfonamides is 1. The lowest BCUT2D eigenvalue weighted by Crippen LogP contribution is -2.29. The predicted octanol–water partition coefficient (Wildman–Crippen LogP) is 2.49. The Hall–Kier alpha value is -1.60. The summed E-state index contributed by atoms with van der Waals surface area (Å²) < 4.78 is 27.6. The second-order valence-corrected chi connectivity index (χ2v) is 7.78. The van der Waals surface area contributed by atoms with Crippen LogP contribution in [-0.2, 0) is 16.4 Å². The van der Waals surface area contributed by atoms with Gasteiger partial charge in [0.1, 0.15) is 4.90 Å². The third kappa shape index (κ3) is 2.40. The maximum Gasteiger partial charge on any atom is 0.265 e. The number of hydrogen-bond donors (Lipinski definition) is 1. The average molecular weight is 368 g/mol. The minimum atomic E-state index is -3.62. The van der Waals surface area contributed by atoms with Crippen LogP contribution in [0, 0.1) is 6.92 Å². The van der Waals surface area contributed by atoms with Gasteiger partial charge >= 0.3 is 0 Å². The van der Waals surface area contributed by atoms with E-state index in [0.717, 1.165) is 11.1 Å². The van der Waals surface area contributed by atoms with E-state index < -0.39 is 10.0 Å². The molecule has 7 heteroatoms. The highest BCUT2D eigenvalue weighted by molar-refractivity contribution is 9.10. The first kappa shape index (κ1) is 14.3. The van der Waals surface area contributed by atoms with Crippen LogP contribution in [0.2, 0.25) is 0 Å². The van der Waals surface area contributed by atoms with Gasteiger partial charge in [-0.1, -0.05) is 6.07 Å². The van der Waals surface area contributed by atoms with E-state index in [0.29, 0.717) is 28.8 Å². The Morgan fingerprint density at radius 1 is 1.29 bits per heavy atom. The molecule has 0 bridgehead atoms. The van der Waals surface area contributed by atoms with Gasteiger partial charge in [-0.2, -0.15) is 0 Å². The molecule has 1 aromatic carbocycles. The number of pyridine rings is 1. The van der Waals surface area contributed by atoms with Crippen LogP contribution >= 0.6 is 15.9 Å². The van der Waals surface area contributed by atoms with Gasteiger partial charge in [-0.15, -0.1) is 0 Å². The van der Waals surface area contributed by atoms with Gasteiger partial charge in [0.15, 0.2) is 0 Å². The number of aryl methyl sites for hydroxylation is 1. The molecule has 0 spiro atoms. The van der Waals surface area contributed by atoms with Gasteiger partial charge in [-0.05, 0) is 52.5 Å². The number of fused-ring (bicyclic) bond motifs is 1. The highest BCUT2D eigenvalue weighted by Crippen LogP contribution is 2.35. The molecule has 5 nitrogen and oxygen atoms in total. The average Bonchev–Trinajstić information content (AvgIpc) is 2.83. The number of rotatable bonds is 2. The molecular weight excluding hydrogens is 354 g/mol. The Bertz CT molecular complexity index is 821. The Labute approximate surface area is 132 Å². The molecule has 0 fully saturated rings. The van der Waals surface area contributed by atoms with Crippen molar-refractivity contribution in [1.29, 1.82) is 0 Å². The summed E-state index contributed by atoms with van der Waals surface area (Å²) in [5, 5.41) is 0. The quantitative estimate of drug-likeness (QED) is 0.827. The third-order valence-electron chi connectivity index (χ3n) is 3.59. The number of hydrogen-bond acceptors (Lipinski definition) is 4. The zero-order valence-electron chi connectivity index (χ0n) is 11.4. The van der Waals surface area contributed by atoms with Gasteiger partial charge < -0.3 is 5.73 Å². The summed E-state index contributed by atoms with van der Waals surface area (Å²) in [6.07, 6.45) is 3.60. The molecule has 3 rings (SSSR count). The number of anilines is 2. The summed E-state index contributed by atoms with van der Waals surface area (Å²) in [7, 11) is -3.62. The number of aromatic nitrogens is 1. The number of nitrogens with zero attached hydrogens (tertiary/aromatic N) is 2. The fourth-order valence-corrected chi connectivity index (χ4v) is 4.46. The molecule has 21 heavy (non-hydrogen) atoms. The zero-order valence-corrected chi connectivity index (χ0v) is 13.8. The lowest BCUT2D eigenvalue weighted by Gasteiger charge is -2.20. The number of nitrogen functional groups attached to an aromatic ring is 1. The van der Waals surface area contributed by atoms with Gasteiger partial charge in [0.25, 0.3) is 10.0 Å². The summed E-state index contributed by atoms with van der Waals surface area (Å²) in [5.41, 5.74) is 9.16. The lowest BCUT2D eigenvalue weighted by molar-refractivity contribution is 0.592. The zero-order chi connectivity index (χ0) is 15.2. The Morgan fingerprint density at radius 3 is 2.76 bits per heavy atom. The Kier molecular flexibility index (Phi) is 3.41. The molecule has 0 amide bonds. The van der Waals surface area contributed by atoms with Crippen LogP contribution in [0.1, 0.15) is 11.1 Å². The van der Waals surface area contributed by atoms with Crippen molar-refractivity contribution in [1.82, 2.24) is 4.98 Å². The molecule has 0 aliphatic carbocycles. The fourth-order valence-electron chi connectivity index (χ4n) is 2.46. The SMILES string of the molecule is Cc1cc2c(cc1N)N(S(=O)(=O)c1cncc(Br)c1)CC2. The van der Waals surface area contributed by atoms with Crippen LogP contribution in [0.25, 0.3) is 0 Å². The summed E-state index contributed by atoms with van der Waals surface area (Å²) in [6, 6.07) is 5.25. The molecule has 0 saturated heterocycles. The molecule has 0 unspecified atom stereocenters. The molecule has 0 saturated carbocycles. The van der Waals surface area contributed by atoms with Gasteiger partial charge in [0, 0.05) is 29.1 Å². The van der Waals surface area contributed by atoms with Crippen molar-refractivity contribution in [2.75, 3.05) is 16.6 Å². The number of benzene rings is 1. The van der Waals surface area contributed by atoms with Gasteiger partial charge in [0.05, 0.1) is 5.69 Å². The first-order valence-corrected chi connectivity index (χ1v) is 8.65. The molecular formula is C14H14BrN3O2S. The molecule has 0 radical (unpaired) electrons. The van der Waals surface area contributed by atoms with Crippen molar-refractivity contribution in [3.63, 3.8) is 0 Å². The topological polar surface area (TPSA) is 76.3 Å². The van der Waals surface area contributed by atoms with E-state index in [1.807, 2.05) is 13.0 Å². The number of halogens is 1. The fraction of sp³-hybridized carbons (Fsp3) is 0.214. The Morgan fingerprint density at radius 2 is 2.05 bits per heavy atom. The molecule has 1 aliphatic heterocycles. The molecule has 1 aromatic heterocycles. The van der Waals surface area contributed by atoms with Crippen molar-refractivity contribution in [3.05, 3.63) is 46.2 Å². The van der Waals surface area contributed by atoms with Crippen molar-refractivity contribution in [2.24, 2.45) is 0 Å². The van der Waals surface area contributed by atoms with Crippen molar-refractivity contribution in [3.8, 4) is 0 Å². The van der Waals surface area contributed by atoms with Gasteiger partial charge in [0.2, 0.25) is 0 Å². The lowest BCUT2D eigenvalue weighted by atomic mass is 10.1. The third-order valence-corrected chi connectivity index (χ3v) is 5.80. The molecule has 110 valence electrons. The Balaban J connectivity index is 2.10. The second-order valence-electron chi connectivity index (χ2n) is 5.00. The van der Waals surface area contributed by atoms with Gasteiger partial charge in [-0.25, -0.2) is 8.42 Å². The van der Waals surface area contributed by atoms with Crippen molar-refractivity contribution < 1.29 is 8.42 Å². The summed E-state index contributed by atoms with van der Waals surface area (Å²) in [5.74, 6) is 0. The van der Waals surface area contributed by atoms with E-state index >= 15 is 0 Å². The van der Waals surface area contributed by atoms with Crippen molar-refractivity contribution >= 4 is 37.3 Å². The van der Waals surface area contributed by atoms with E-state index in [2.05, 4.69) is 20.9 Å². The van der Waals surface area contributed by atoms with Crippen LogP contribution in [0.15, 0.2) is 40.0 Å². The number of nitrogens with two attached hydrogens (primary N) is 1. The maximum absolute atomic E-state index is 12.8. The van der Waals surface area contributed by atoms with Crippen LogP contribution in [0.3, 0.4) is 0 Å². The van der Waals surface area contributed by atoms with Crippen LogP contribution < -0.4 is 10.0 Å². The standard InChI is InChI=1S/C14H14BrN3O2S/c1-9-4-10-2-3-18(14(10)6-13(9)16)21(19,20)12-5-11(15)7-17-8-12/h4-8H,2-3,16H2,1H3. The molecule has 2 aromatic rings. The van der Waals surface area contributed by atoms with Gasteiger partial charge in [-0.3, -0.25) is 9.29 Å². The summed E-state index contributed by atoms with van der Waals surface area (Å²) >= 11 is 3.25. The van der Waals surface area contributed by atoms with Crippen LogP contribution in [0.5, 0.6) is 0 Å². The largest absolute Gasteiger partial charge is 0.398 e. The summed E-state index contributed by atoms with van der Waals surface area (Å²) in [6.45, 7) is 2.35. The highest BCUT2D eigenvalue weighted by atomic mass is 79.9. The molecule has 1 aliphatic rings. The molecule has 2 heterocycles. The minimum absolute atomic E-state index is 0.170. The minimum Gasteiger partial charge on any atom is -0.398 e. The van der Waals surface area contributed by atoms with Crippen LogP contribution in [0.4, 0.5) is 11.4 Å². The summed E-state index contributed by atoms with van der Waals surface area (Å²) in [4.78, 5) is 4.10. The van der Waals surface area contributed by atoms with E-state index in [4.69, 9.17) is 5.73 Å². The second kappa shape index (κ2) is 4.99. The molecule has 2 N–H and O–H groups in total.